The lowest BCUT2D eigenvalue weighted by Crippen LogP contribution is -2.22. The van der Waals surface area contributed by atoms with Gasteiger partial charge in [-0.25, -0.2) is 4.98 Å². The van der Waals surface area contributed by atoms with E-state index in [4.69, 9.17) is 11.6 Å². The molecule has 3 heterocycles. The molecule has 4 aromatic rings. The van der Waals surface area contributed by atoms with Crippen molar-refractivity contribution in [3.8, 4) is 0 Å². The number of pyridine rings is 2. The number of rotatable bonds is 3. The third-order valence-corrected chi connectivity index (χ3v) is 5.40. The van der Waals surface area contributed by atoms with Crippen molar-refractivity contribution < 1.29 is 4.79 Å². The van der Waals surface area contributed by atoms with Crippen molar-refractivity contribution >= 4 is 49.8 Å². The Hall–Kier alpha value is -2.50. The van der Waals surface area contributed by atoms with E-state index < -0.39 is 0 Å². The van der Waals surface area contributed by atoms with Crippen molar-refractivity contribution in [1.82, 2.24) is 15.3 Å². The van der Waals surface area contributed by atoms with Crippen LogP contribution in [-0.2, 0) is 6.54 Å². The maximum atomic E-state index is 12.5. The summed E-state index contributed by atoms with van der Waals surface area (Å²) in [6, 6.07) is 13.5. The highest BCUT2D eigenvalue weighted by molar-refractivity contribution is 7.21. The predicted octanol–water partition coefficient (Wildman–Crippen LogP) is 4.74. The number of nitrogens with zero attached hydrogens (tertiary/aromatic N) is 2. The minimum absolute atomic E-state index is 0.135. The number of hydrogen-bond donors (Lipinski definition) is 1. The predicted molar refractivity (Wildman–Crippen MR) is 102 cm³/mol. The van der Waals surface area contributed by atoms with Gasteiger partial charge in [0, 0.05) is 21.7 Å². The number of halogens is 1. The molecule has 0 fully saturated rings. The van der Waals surface area contributed by atoms with Crippen LogP contribution in [0, 0.1) is 6.92 Å². The van der Waals surface area contributed by atoms with Crippen LogP contribution < -0.4 is 5.32 Å². The summed E-state index contributed by atoms with van der Waals surface area (Å²) < 4.78 is 0.988. The van der Waals surface area contributed by atoms with Gasteiger partial charge in [-0.2, -0.15) is 0 Å². The van der Waals surface area contributed by atoms with Crippen LogP contribution in [0.15, 0.2) is 48.7 Å². The summed E-state index contributed by atoms with van der Waals surface area (Å²) >= 11 is 7.76. The van der Waals surface area contributed by atoms with E-state index in [1.165, 1.54) is 11.3 Å². The number of aromatic nitrogens is 2. The SMILES string of the molecule is Cc1ccc2nc(Cl)c3cc(C(=O)NCc4ccccn4)sc3c2c1. The van der Waals surface area contributed by atoms with Crippen LogP contribution in [0.1, 0.15) is 20.9 Å². The topological polar surface area (TPSA) is 54.9 Å². The lowest BCUT2D eigenvalue weighted by Gasteiger charge is -2.02. The third-order valence-electron chi connectivity index (χ3n) is 3.95. The highest BCUT2D eigenvalue weighted by Crippen LogP contribution is 2.36. The van der Waals surface area contributed by atoms with Gasteiger partial charge in [0.1, 0.15) is 5.15 Å². The lowest BCUT2D eigenvalue weighted by atomic mass is 10.1. The molecule has 0 spiro atoms. The fraction of sp³-hybridized carbons (Fsp3) is 0.105. The van der Waals surface area contributed by atoms with Gasteiger partial charge in [0.25, 0.3) is 5.91 Å². The summed E-state index contributed by atoms with van der Waals surface area (Å²) in [5, 5.41) is 5.16. The van der Waals surface area contributed by atoms with Crippen LogP contribution in [0.25, 0.3) is 21.0 Å². The minimum Gasteiger partial charge on any atom is -0.346 e. The van der Waals surface area contributed by atoms with Gasteiger partial charge in [0.15, 0.2) is 0 Å². The number of benzene rings is 1. The molecule has 4 nitrogen and oxygen atoms in total. The van der Waals surface area contributed by atoms with Crippen LogP contribution in [0.2, 0.25) is 5.15 Å². The van der Waals surface area contributed by atoms with Crippen LogP contribution in [0.5, 0.6) is 0 Å². The van der Waals surface area contributed by atoms with Gasteiger partial charge >= 0.3 is 0 Å². The summed E-state index contributed by atoms with van der Waals surface area (Å²) in [6.45, 7) is 2.42. The maximum Gasteiger partial charge on any atom is 0.261 e. The first-order chi connectivity index (χ1) is 12.1. The van der Waals surface area contributed by atoms with Gasteiger partial charge in [-0.05, 0) is 37.3 Å². The zero-order valence-electron chi connectivity index (χ0n) is 13.4. The van der Waals surface area contributed by atoms with Crippen molar-refractivity contribution in [2.45, 2.75) is 13.5 Å². The van der Waals surface area contributed by atoms with E-state index >= 15 is 0 Å². The van der Waals surface area contributed by atoms with E-state index in [-0.39, 0.29) is 5.91 Å². The van der Waals surface area contributed by atoms with Crippen LogP contribution in [0.4, 0.5) is 0 Å². The largest absolute Gasteiger partial charge is 0.346 e. The van der Waals surface area contributed by atoms with Gasteiger partial charge in [-0.1, -0.05) is 29.3 Å². The summed E-state index contributed by atoms with van der Waals surface area (Å²) in [5.74, 6) is -0.135. The molecule has 0 saturated heterocycles. The average Bonchev–Trinajstić information content (AvgIpc) is 3.08. The van der Waals surface area contributed by atoms with E-state index in [1.54, 1.807) is 6.20 Å². The highest BCUT2D eigenvalue weighted by Gasteiger charge is 2.15. The molecule has 0 radical (unpaired) electrons. The Morgan fingerprint density at radius 1 is 1.20 bits per heavy atom. The lowest BCUT2D eigenvalue weighted by molar-refractivity contribution is 0.0954. The quantitative estimate of drug-likeness (QED) is 0.532. The first-order valence-corrected chi connectivity index (χ1v) is 8.99. The highest BCUT2D eigenvalue weighted by atomic mass is 35.5. The molecular weight excluding hydrogens is 354 g/mol. The molecule has 1 aromatic carbocycles. The Kier molecular flexibility index (Phi) is 4.11. The fourth-order valence-electron chi connectivity index (χ4n) is 2.71. The third kappa shape index (κ3) is 3.08. The van der Waals surface area contributed by atoms with Crippen molar-refractivity contribution in [2.75, 3.05) is 0 Å². The molecule has 0 atom stereocenters. The summed E-state index contributed by atoms with van der Waals surface area (Å²) in [6.07, 6.45) is 1.71. The maximum absolute atomic E-state index is 12.5. The Morgan fingerprint density at radius 2 is 2.08 bits per heavy atom. The van der Waals surface area contributed by atoms with Crippen molar-refractivity contribution in [3.63, 3.8) is 0 Å². The standard InChI is InChI=1S/C19H14ClN3OS/c1-11-5-6-15-13(8-11)17-14(18(20)23-15)9-16(25-17)19(24)22-10-12-4-2-3-7-21-12/h2-9H,10H2,1H3,(H,22,24). The molecule has 124 valence electrons. The Labute approximate surface area is 153 Å². The molecule has 1 amide bonds. The molecule has 0 bridgehead atoms. The fourth-order valence-corrected chi connectivity index (χ4v) is 4.11. The van der Waals surface area contributed by atoms with Crippen molar-refractivity contribution in [3.05, 3.63) is 69.9 Å². The smallest absolute Gasteiger partial charge is 0.261 e. The van der Waals surface area contributed by atoms with E-state index in [1.807, 2.05) is 43.3 Å². The van der Waals surface area contributed by atoms with E-state index in [9.17, 15) is 4.79 Å². The Morgan fingerprint density at radius 3 is 2.88 bits per heavy atom. The molecule has 1 N–H and O–H groups in total. The number of nitrogens with one attached hydrogen (secondary N) is 1. The molecule has 25 heavy (non-hydrogen) atoms. The molecule has 0 aliphatic rings. The summed E-state index contributed by atoms with van der Waals surface area (Å²) in [7, 11) is 0. The minimum atomic E-state index is -0.135. The second-order valence-electron chi connectivity index (χ2n) is 5.78. The zero-order valence-corrected chi connectivity index (χ0v) is 15.0. The molecular formula is C19H14ClN3OS. The van der Waals surface area contributed by atoms with Crippen molar-refractivity contribution in [2.24, 2.45) is 0 Å². The number of fused-ring (bicyclic) bond motifs is 3. The first-order valence-electron chi connectivity index (χ1n) is 7.79. The number of thiophene rings is 1. The van der Waals surface area contributed by atoms with Gasteiger partial charge in [-0.15, -0.1) is 11.3 Å². The van der Waals surface area contributed by atoms with Gasteiger partial charge in [-0.3, -0.25) is 9.78 Å². The second-order valence-corrected chi connectivity index (χ2v) is 7.19. The number of carbonyl (C=O) groups is 1. The van der Waals surface area contributed by atoms with Crippen molar-refractivity contribution in [1.29, 1.82) is 0 Å². The molecule has 6 heteroatoms. The zero-order chi connectivity index (χ0) is 17.4. The van der Waals surface area contributed by atoms with Crippen LogP contribution in [0.3, 0.4) is 0 Å². The van der Waals surface area contributed by atoms with E-state index in [0.717, 1.165) is 32.2 Å². The Bertz CT molecular complexity index is 1090. The van der Waals surface area contributed by atoms with E-state index in [2.05, 4.69) is 21.4 Å². The van der Waals surface area contributed by atoms with Crippen LogP contribution >= 0.6 is 22.9 Å². The molecule has 3 aromatic heterocycles. The van der Waals surface area contributed by atoms with Gasteiger partial charge < -0.3 is 5.32 Å². The monoisotopic (exact) mass is 367 g/mol. The summed E-state index contributed by atoms with van der Waals surface area (Å²) in [4.78, 5) is 21.8. The number of aryl methyl sites for hydroxylation is 1. The van der Waals surface area contributed by atoms with E-state index in [0.29, 0.717) is 16.6 Å². The summed E-state index contributed by atoms with van der Waals surface area (Å²) in [5.41, 5.74) is 2.80. The molecule has 0 saturated carbocycles. The molecule has 0 aliphatic heterocycles. The average molecular weight is 368 g/mol. The van der Waals surface area contributed by atoms with Gasteiger partial charge in [0.05, 0.1) is 22.6 Å². The number of hydrogen-bond acceptors (Lipinski definition) is 4. The van der Waals surface area contributed by atoms with Crippen LogP contribution in [-0.4, -0.2) is 15.9 Å². The molecule has 4 rings (SSSR count). The first kappa shape index (κ1) is 16.0. The Balaban J connectivity index is 1.70. The molecule has 0 unspecified atom stereocenters. The number of amides is 1. The second kappa shape index (κ2) is 6.43. The molecule has 0 aliphatic carbocycles. The van der Waals surface area contributed by atoms with Gasteiger partial charge in [0.2, 0.25) is 0 Å². The normalized spacial score (nSPS) is 11.1. The number of carbonyl (C=O) groups excluding carboxylic acids is 1.